The summed E-state index contributed by atoms with van der Waals surface area (Å²) in [6.45, 7) is 0. The van der Waals surface area contributed by atoms with Crippen LogP contribution in [0.1, 0.15) is 24.0 Å². The third-order valence-electron chi connectivity index (χ3n) is 5.89. The van der Waals surface area contributed by atoms with Crippen molar-refractivity contribution in [3.05, 3.63) is 43.7 Å². The zero-order chi connectivity index (χ0) is 20.5. The summed E-state index contributed by atoms with van der Waals surface area (Å²) >= 11 is 1.89. The van der Waals surface area contributed by atoms with Gasteiger partial charge in [-0.05, 0) is 53.0 Å². The SMILES string of the molecule is NC(=O)C1=C(O)C2(O)C(=O)C3=C(O)c4c(ccc(I)c4O)CC3CC2CC1=O. The average Bonchev–Trinajstić information content (AvgIpc) is 2.61. The highest BCUT2D eigenvalue weighted by Gasteiger charge is 2.60. The van der Waals surface area contributed by atoms with Gasteiger partial charge in [0.1, 0.15) is 22.8 Å². The van der Waals surface area contributed by atoms with Crippen LogP contribution in [0.3, 0.4) is 0 Å². The second-order valence-electron chi connectivity index (χ2n) is 7.34. The number of aromatic hydroxyl groups is 1. The van der Waals surface area contributed by atoms with Crippen molar-refractivity contribution >= 4 is 45.8 Å². The summed E-state index contributed by atoms with van der Waals surface area (Å²) in [6.07, 6.45) is 0.133. The topological polar surface area (TPSA) is 158 Å². The highest BCUT2D eigenvalue weighted by molar-refractivity contribution is 14.1. The minimum Gasteiger partial charge on any atom is -0.508 e. The standard InChI is InChI=1S/C19H16INO7/c20-9-2-1-6-3-7-4-8-5-10(22)13(18(21)27)17(26)19(8,28)16(25)12(7)15(24)11(6)14(9)23/h1-2,7-8,23-24,26,28H,3-5H2,(H2,21,27). The summed E-state index contributed by atoms with van der Waals surface area (Å²) in [5.41, 5.74) is 2.44. The predicted octanol–water partition coefficient (Wildman–Crippen LogP) is 1.03. The fourth-order valence-electron chi connectivity index (χ4n) is 4.57. The first-order valence-electron chi connectivity index (χ1n) is 8.56. The molecule has 28 heavy (non-hydrogen) atoms. The van der Waals surface area contributed by atoms with Gasteiger partial charge in [0.25, 0.3) is 5.91 Å². The molecule has 3 aliphatic carbocycles. The second-order valence-corrected chi connectivity index (χ2v) is 8.50. The Morgan fingerprint density at radius 3 is 2.50 bits per heavy atom. The molecule has 146 valence electrons. The Labute approximate surface area is 172 Å². The van der Waals surface area contributed by atoms with Crippen molar-refractivity contribution in [2.45, 2.75) is 24.9 Å². The number of rotatable bonds is 1. The number of amides is 1. The molecule has 3 unspecified atom stereocenters. The maximum Gasteiger partial charge on any atom is 0.255 e. The Hall–Kier alpha value is -2.40. The van der Waals surface area contributed by atoms with Gasteiger partial charge in [-0.1, -0.05) is 6.07 Å². The van der Waals surface area contributed by atoms with E-state index in [9.17, 15) is 34.8 Å². The number of halogens is 1. The van der Waals surface area contributed by atoms with E-state index in [2.05, 4.69) is 0 Å². The average molecular weight is 497 g/mol. The van der Waals surface area contributed by atoms with Gasteiger partial charge in [-0.15, -0.1) is 0 Å². The summed E-state index contributed by atoms with van der Waals surface area (Å²) < 4.78 is 0.476. The van der Waals surface area contributed by atoms with Crippen LogP contribution in [-0.4, -0.2) is 43.5 Å². The van der Waals surface area contributed by atoms with E-state index in [4.69, 9.17) is 5.73 Å². The molecule has 0 aromatic heterocycles. The number of phenolic OH excluding ortho intramolecular Hbond substituents is 1. The van der Waals surface area contributed by atoms with E-state index >= 15 is 0 Å². The highest BCUT2D eigenvalue weighted by atomic mass is 127. The molecule has 0 spiro atoms. The van der Waals surface area contributed by atoms with Crippen molar-refractivity contribution in [2.24, 2.45) is 17.6 Å². The molecule has 8 nitrogen and oxygen atoms in total. The number of fused-ring (bicyclic) bond motifs is 3. The smallest absolute Gasteiger partial charge is 0.255 e. The first-order chi connectivity index (χ1) is 13.1. The van der Waals surface area contributed by atoms with Gasteiger partial charge in [0, 0.05) is 17.9 Å². The highest BCUT2D eigenvalue weighted by Crippen LogP contribution is 2.52. The number of ketones is 2. The number of hydrogen-bond acceptors (Lipinski definition) is 7. The largest absolute Gasteiger partial charge is 0.508 e. The fraction of sp³-hybridized carbons (Fsp3) is 0.316. The number of Topliss-reactive ketones (excluding diaryl/α,β-unsaturated/α-hetero) is 2. The molecular weight excluding hydrogens is 481 g/mol. The first kappa shape index (κ1) is 18.9. The van der Waals surface area contributed by atoms with E-state index in [1.807, 2.05) is 22.6 Å². The summed E-state index contributed by atoms with van der Waals surface area (Å²) in [6, 6.07) is 3.43. The maximum absolute atomic E-state index is 13.2. The van der Waals surface area contributed by atoms with Crippen LogP contribution in [0.25, 0.3) is 5.76 Å². The number of aliphatic hydroxyl groups excluding tert-OH is 2. The summed E-state index contributed by atoms with van der Waals surface area (Å²) in [4.78, 5) is 37.0. The van der Waals surface area contributed by atoms with E-state index in [-0.39, 0.29) is 29.7 Å². The van der Waals surface area contributed by atoms with Crippen LogP contribution < -0.4 is 5.73 Å². The van der Waals surface area contributed by atoms with Gasteiger partial charge in [0.05, 0.1) is 9.13 Å². The van der Waals surface area contributed by atoms with Crippen LogP contribution in [0.2, 0.25) is 0 Å². The minimum absolute atomic E-state index is 0.110. The predicted molar refractivity (Wildman–Crippen MR) is 104 cm³/mol. The summed E-state index contributed by atoms with van der Waals surface area (Å²) in [5.74, 6) is -6.11. The molecular formula is C19H16INO7. The Morgan fingerprint density at radius 2 is 1.86 bits per heavy atom. The summed E-state index contributed by atoms with van der Waals surface area (Å²) in [5, 5.41) is 42.6. The number of carbonyl (C=O) groups excluding carboxylic acids is 3. The van der Waals surface area contributed by atoms with Crippen molar-refractivity contribution < 1.29 is 34.8 Å². The lowest BCUT2D eigenvalue weighted by Crippen LogP contribution is -2.58. The number of aliphatic hydroxyl groups is 3. The molecule has 3 atom stereocenters. The lowest BCUT2D eigenvalue weighted by Gasteiger charge is -2.46. The zero-order valence-corrected chi connectivity index (χ0v) is 16.6. The Kier molecular flexibility index (Phi) is 4.09. The number of nitrogens with two attached hydrogens (primary N) is 1. The van der Waals surface area contributed by atoms with Crippen LogP contribution in [0.4, 0.5) is 0 Å². The lowest BCUT2D eigenvalue weighted by molar-refractivity contribution is -0.147. The van der Waals surface area contributed by atoms with Crippen molar-refractivity contribution in [1.29, 1.82) is 0 Å². The molecule has 1 amide bonds. The Balaban J connectivity index is 1.94. The Bertz CT molecular complexity index is 1040. The zero-order valence-electron chi connectivity index (χ0n) is 14.4. The third kappa shape index (κ3) is 2.29. The van der Waals surface area contributed by atoms with Gasteiger partial charge < -0.3 is 26.2 Å². The lowest BCUT2D eigenvalue weighted by atomic mass is 9.59. The van der Waals surface area contributed by atoms with Crippen LogP contribution >= 0.6 is 22.6 Å². The van der Waals surface area contributed by atoms with Gasteiger partial charge in [0.2, 0.25) is 5.78 Å². The van der Waals surface area contributed by atoms with Gasteiger partial charge in [0.15, 0.2) is 11.4 Å². The molecule has 0 heterocycles. The van der Waals surface area contributed by atoms with Crippen molar-refractivity contribution in [2.75, 3.05) is 0 Å². The number of hydrogen-bond donors (Lipinski definition) is 5. The number of phenols is 1. The third-order valence-corrected chi connectivity index (χ3v) is 6.76. The van der Waals surface area contributed by atoms with Crippen molar-refractivity contribution in [1.82, 2.24) is 0 Å². The molecule has 0 saturated heterocycles. The molecule has 1 aromatic rings. The second kappa shape index (κ2) is 6.05. The normalized spacial score (nSPS) is 29.4. The van der Waals surface area contributed by atoms with E-state index in [0.717, 1.165) is 0 Å². The first-order valence-corrected chi connectivity index (χ1v) is 9.64. The fourth-order valence-corrected chi connectivity index (χ4v) is 5.02. The van der Waals surface area contributed by atoms with Gasteiger partial charge in [-0.2, -0.15) is 0 Å². The van der Waals surface area contributed by atoms with Crippen molar-refractivity contribution in [3.63, 3.8) is 0 Å². The monoisotopic (exact) mass is 497 g/mol. The molecule has 1 saturated carbocycles. The van der Waals surface area contributed by atoms with Crippen LogP contribution in [-0.2, 0) is 20.8 Å². The Morgan fingerprint density at radius 1 is 1.18 bits per heavy atom. The molecule has 0 aliphatic heterocycles. The number of primary amides is 1. The van der Waals surface area contributed by atoms with Crippen molar-refractivity contribution in [3.8, 4) is 5.75 Å². The van der Waals surface area contributed by atoms with Crippen LogP contribution in [0.15, 0.2) is 29.0 Å². The van der Waals surface area contributed by atoms with Gasteiger partial charge in [-0.3, -0.25) is 14.4 Å². The van der Waals surface area contributed by atoms with E-state index in [0.29, 0.717) is 15.6 Å². The molecule has 1 fully saturated rings. The molecule has 4 rings (SSSR count). The maximum atomic E-state index is 13.2. The number of carbonyl (C=O) groups is 3. The molecule has 1 aromatic carbocycles. The molecule has 3 aliphatic rings. The molecule has 0 bridgehead atoms. The van der Waals surface area contributed by atoms with Gasteiger partial charge >= 0.3 is 0 Å². The number of benzene rings is 1. The quantitative estimate of drug-likeness (QED) is 0.286. The molecule has 0 radical (unpaired) electrons. The molecule has 6 N–H and O–H groups in total. The van der Waals surface area contributed by atoms with E-state index in [1.165, 1.54) is 0 Å². The van der Waals surface area contributed by atoms with Gasteiger partial charge in [-0.25, -0.2) is 0 Å². The van der Waals surface area contributed by atoms with E-state index < -0.39 is 52.0 Å². The minimum atomic E-state index is -2.52. The van der Waals surface area contributed by atoms with E-state index in [1.54, 1.807) is 12.1 Å². The van der Waals surface area contributed by atoms with Crippen LogP contribution in [0, 0.1) is 15.4 Å². The summed E-state index contributed by atoms with van der Waals surface area (Å²) in [7, 11) is 0. The van der Waals surface area contributed by atoms with Crippen LogP contribution in [0.5, 0.6) is 5.75 Å². The molecule has 9 heteroatoms.